The zero-order valence-corrected chi connectivity index (χ0v) is 13.6. The molecule has 1 aliphatic heterocycles. The van der Waals surface area contributed by atoms with E-state index in [1.807, 2.05) is 13.0 Å². The van der Waals surface area contributed by atoms with Crippen LogP contribution in [0.4, 0.5) is 4.39 Å². The minimum absolute atomic E-state index is 0.0113. The Morgan fingerprint density at radius 2 is 2.26 bits per heavy atom. The summed E-state index contributed by atoms with van der Waals surface area (Å²) in [6.45, 7) is 4.18. The van der Waals surface area contributed by atoms with Gasteiger partial charge in [-0.2, -0.15) is 0 Å². The lowest BCUT2D eigenvalue weighted by atomic mass is 9.98. The predicted octanol–water partition coefficient (Wildman–Crippen LogP) is 2.79. The molecule has 2 aliphatic rings. The highest BCUT2D eigenvalue weighted by molar-refractivity contribution is 5.79. The lowest BCUT2D eigenvalue weighted by Gasteiger charge is -2.24. The topological polar surface area (TPSA) is 50.4 Å². The van der Waals surface area contributed by atoms with Crippen LogP contribution in [0.3, 0.4) is 0 Å². The van der Waals surface area contributed by atoms with Crippen LogP contribution in [0, 0.1) is 17.7 Å². The number of halogens is 1. The third kappa shape index (κ3) is 4.44. The van der Waals surface area contributed by atoms with Crippen molar-refractivity contribution in [3.8, 4) is 5.75 Å². The van der Waals surface area contributed by atoms with Crippen LogP contribution < -0.4 is 15.4 Å². The number of rotatable bonds is 6. The van der Waals surface area contributed by atoms with Gasteiger partial charge in [-0.05, 0) is 62.8 Å². The number of amides is 1. The van der Waals surface area contributed by atoms with E-state index in [1.54, 1.807) is 6.07 Å². The molecule has 4 nitrogen and oxygen atoms in total. The van der Waals surface area contributed by atoms with E-state index in [0.29, 0.717) is 18.3 Å². The number of carbonyl (C=O) groups is 1. The van der Waals surface area contributed by atoms with Crippen molar-refractivity contribution < 1.29 is 13.9 Å². The summed E-state index contributed by atoms with van der Waals surface area (Å²) >= 11 is 0. The normalized spacial score (nSPS) is 22.4. The molecule has 1 aromatic carbocycles. The van der Waals surface area contributed by atoms with Crippen LogP contribution in [0.25, 0.3) is 0 Å². The van der Waals surface area contributed by atoms with E-state index in [2.05, 4.69) is 10.6 Å². The number of carbonyl (C=O) groups excluding carboxylic acids is 1. The molecule has 0 spiro atoms. The first kappa shape index (κ1) is 16.2. The van der Waals surface area contributed by atoms with Crippen LogP contribution in [-0.2, 0) is 4.79 Å². The maximum absolute atomic E-state index is 14.1. The van der Waals surface area contributed by atoms with Gasteiger partial charge in [-0.3, -0.25) is 4.79 Å². The average molecular weight is 320 g/mol. The Hall–Kier alpha value is -1.62. The molecule has 2 fully saturated rings. The molecule has 1 amide bonds. The van der Waals surface area contributed by atoms with Crippen molar-refractivity contribution >= 4 is 5.91 Å². The average Bonchev–Trinajstić information content (AvgIpc) is 3.38. The summed E-state index contributed by atoms with van der Waals surface area (Å²) < 4.78 is 19.6. The number of hydrogen-bond acceptors (Lipinski definition) is 3. The van der Waals surface area contributed by atoms with Crippen molar-refractivity contribution in [2.75, 3.05) is 19.7 Å². The van der Waals surface area contributed by atoms with Gasteiger partial charge in [-0.25, -0.2) is 4.39 Å². The van der Waals surface area contributed by atoms with Crippen LogP contribution in [0.15, 0.2) is 18.2 Å². The molecule has 5 heteroatoms. The highest BCUT2D eigenvalue weighted by Gasteiger charge is 2.24. The first-order valence-corrected chi connectivity index (χ1v) is 8.57. The molecule has 0 aromatic heterocycles. The minimum Gasteiger partial charge on any atom is -0.490 e. The fourth-order valence-electron chi connectivity index (χ4n) is 2.89. The molecule has 23 heavy (non-hydrogen) atoms. The number of ether oxygens (including phenoxy) is 1. The van der Waals surface area contributed by atoms with Gasteiger partial charge in [0.1, 0.15) is 0 Å². The van der Waals surface area contributed by atoms with Gasteiger partial charge in [0.25, 0.3) is 0 Å². The molecule has 1 heterocycles. The highest BCUT2D eigenvalue weighted by Crippen LogP contribution is 2.30. The molecule has 1 saturated heterocycles. The minimum atomic E-state index is -0.358. The molecule has 1 aliphatic carbocycles. The van der Waals surface area contributed by atoms with Crippen molar-refractivity contribution in [3.05, 3.63) is 29.6 Å². The predicted molar refractivity (Wildman–Crippen MR) is 86.8 cm³/mol. The van der Waals surface area contributed by atoms with E-state index < -0.39 is 0 Å². The van der Waals surface area contributed by atoms with E-state index in [4.69, 9.17) is 4.74 Å². The van der Waals surface area contributed by atoms with Crippen LogP contribution in [0.2, 0.25) is 0 Å². The number of hydrogen-bond donors (Lipinski definition) is 2. The lowest BCUT2D eigenvalue weighted by molar-refractivity contribution is -0.126. The molecule has 2 N–H and O–H groups in total. The summed E-state index contributed by atoms with van der Waals surface area (Å²) in [6.07, 6.45) is 4.29. The first-order valence-electron chi connectivity index (χ1n) is 8.57. The van der Waals surface area contributed by atoms with E-state index in [0.717, 1.165) is 31.5 Å². The second-order valence-corrected chi connectivity index (χ2v) is 6.72. The van der Waals surface area contributed by atoms with Gasteiger partial charge >= 0.3 is 0 Å². The maximum atomic E-state index is 14.1. The maximum Gasteiger partial charge on any atom is 0.224 e. The summed E-state index contributed by atoms with van der Waals surface area (Å²) in [4.78, 5) is 12.2. The third-order valence-corrected chi connectivity index (χ3v) is 4.65. The standard InChI is InChI=1S/C18H25FN2O2/c1-12(21-18(22)15-3-2-8-20-10-15)14-6-7-17(16(19)9-14)23-11-13-4-5-13/h6-7,9,12-13,15,20H,2-5,8,10-11H2,1H3,(H,21,22). The molecule has 1 saturated carbocycles. The van der Waals surface area contributed by atoms with Crippen LogP contribution in [0.5, 0.6) is 5.75 Å². The number of benzene rings is 1. The van der Waals surface area contributed by atoms with Crippen LogP contribution in [-0.4, -0.2) is 25.6 Å². The zero-order valence-electron chi connectivity index (χ0n) is 13.6. The first-order chi connectivity index (χ1) is 11.1. The molecular formula is C18H25FN2O2. The molecule has 2 unspecified atom stereocenters. The molecule has 2 atom stereocenters. The molecule has 3 rings (SSSR count). The molecule has 0 bridgehead atoms. The second kappa shape index (κ2) is 7.30. The van der Waals surface area contributed by atoms with Gasteiger partial charge in [0.15, 0.2) is 11.6 Å². The van der Waals surface area contributed by atoms with Gasteiger partial charge in [-0.1, -0.05) is 6.07 Å². The molecule has 126 valence electrons. The summed E-state index contributed by atoms with van der Waals surface area (Å²) in [5.41, 5.74) is 0.762. The Bertz CT molecular complexity index is 554. The quantitative estimate of drug-likeness (QED) is 0.847. The molecule has 0 radical (unpaired) electrons. The van der Waals surface area contributed by atoms with E-state index in [1.165, 1.54) is 18.9 Å². The second-order valence-electron chi connectivity index (χ2n) is 6.72. The Balaban J connectivity index is 1.56. The lowest BCUT2D eigenvalue weighted by Crippen LogP contribution is -2.41. The fraction of sp³-hybridized carbons (Fsp3) is 0.611. The van der Waals surface area contributed by atoms with Crippen LogP contribution >= 0.6 is 0 Å². The Labute approximate surface area is 136 Å². The monoisotopic (exact) mass is 320 g/mol. The van der Waals surface area contributed by atoms with Crippen molar-refractivity contribution in [3.63, 3.8) is 0 Å². The SMILES string of the molecule is CC(NC(=O)C1CCCNC1)c1ccc(OCC2CC2)c(F)c1. The summed E-state index contributed by atoms with van der Waals surface area (Å²) in [5.74, 6) is 0.590. The van der Waals surface area contributed by atoms with Crippen molar-refractivity contribution in [2.45, 2.75) is 38.6 Å². The van der Waals surface area contributed by atoms with Crippen LogP contribution in [0.1, 0.15) is 44.2 Å². The smallest absolute Gasteiger partial charge is 0.224 e. The summed E-state index contributed by atoms with van der Waals surface area (Å²) in [7, 11) is 0. The Morgan fingerprint density at radius 3 is 2.91 bits per heavy atom. The Morgan fingerprint density at radius 1 is 1.43 bits per heavy atom. The van der Waals surface area contributed by atoms with Gasteiger partial charge in [0.2, 0.25) is 5.91 Å². The zero-order chi connectivity index (χ0) is 16.2. The van der Waals surface area contributed by atoms with Gasteiger partial charge in [-0.15, -0.1) is 0 Å². The fourth-order valence-corrected chi connectivity index (χ4v) is 2.89. The highest BCUT2D eigenvalue weighted by atomic mass is 19.1. The van der Waals surface area contributed by atoms with E-state index in [-0.39, 0.29) is 23.7 Å². The van der Waals surface area contributed by atoms with Crippen molar-refractivity contribution in [1.29, 1.82) is 0 Å². The number of nitrogens with one attached hydrogen (secondary N) is 2. The van der Waals surface area contributed by atoms with E-state index >= 15 is 0 Å². The van der Waals surface area contributed by atoms with Crippen molar-refractivity contribution in [1.82, 2.24) is 10.6 Å². The third-order valence-electron chi connectivity index (χ3n) is 4.65. The number of piperidine rings is 1. The molecular weight excluding hydrogens is 295 g/mol. The van der Waals surface area contributed by atoms with Gasteiger partial charge in [0.05, 0.1) is 18.6 Å². The molecule has 1 aromatic rings. The van der Waals surface area contributed by atoms with Crippen molar-refractivity contribution in [2.24, 2.45) is 11.8 Å². The van der Waals surface area contributed by atoms with Gasteiger partial charge in [0, 0.05) is 6.54 Å². The van der Waals surface area contributed by atoms with E-state index in [9.17, 15) is 9.18 Å². The summed E-state index contributed by atoms with van der Waals surface area (Å²) in [6, 6.07) is 4.75. The largest absolute Gasteiger partial charge is 0.490 e. The van der Waals surface area contributed by atoms with Gasteiger partial charge < -0.3 is 15.4 Å². The Kier molecular flexibility index (Phi) is 5.16. The summed E-state index contributed by atoms with van der Waals surface area (Å²) in [5, 5.41) is 6.22.